The third-order valence-corrected chi connectivity index (χ3v) is 9.68. The first kappa shape index (κ1) is 31.5. The molecule has 0 radical (unpaired) electrons. The molecule has 2 aromatic rings. The number of allylic oxidation sites excluding steroid dienone is 3. The molecule has 44 heavy (non-hydrogen) atoms. The third-order valence-electron chi connectivity index (χ3n) is 7.62. The van der Waals surface area contributed by atoms with Crippen LogP contribution in [0.1, 0.15) is 63.1 Å². The van der Waals surface area contributed by atoms with Gasteiger partial charge < -0.3 is 4.74 Å². The molecule has 5 rings (SSSR count). The summed E-state index contributed by atoms with van der Waals surface area (Å²) in [5, 5.41) is 8.57. The number of hydrogen-bond acceptors (Lipinski definition) is 4. The summed E-state index contributed by atoms with van der Waals surface area (Å²) in [5.41, 5.74) is 7.88. The molecule has 1 aromatic heterocycles. The van der Waals surface area contributed by atoms with Crippen molar-refractivity contribution in [1.82, 2.24) is 15.6 Å². The van der Waals surface area contributed by atoms with Crippen LogP contribution in [0.3, 0.4) is 0 Å². The molecule has 4 N–H and O–H groups in total. The van der Waals surface area contributed by atoms with Crippen molar-refractivity contribution in [2.75, 3.05) is 18.5 Å². The maximum absolute atomic E-state index is 12.7. The minimum absolute atomic E-state index is 0.324. The van der Waals surface area contributed by atoms with Gasteiger partial charge in [-0.25, -0.2) is 0 Å². The number of rotatable bonds is 5. The number of aromatic amines is 1. The third kappa shape index (κ3) is 9.07. The van der Waals surface area contributed by atoms with Crippen molar-refractivity contribution < 1.29 is 35.5 Å². The van der Waals surface area contributed by atoms with Gasteiger partial charge in [0.15, 0.2) is 0 Å². The second-order valence-electron chi connectivity index (χ2n) is 10.9. The van der Waals surface area contributed by atoms with Crippen molar-refractivity contribution >= 4 is 23.3 Å². The van der Waals surface area contributed by atoms with Gasteiger partial charge in [-0.05, 0) is 44.9 Å². The fourth-order valence-corrected chi connectivity index (χ4v) is 7.17. The normalized spacial score (nSPS) is 19.8. The van der Waals surface area contributed by atoms with Crippen LogP contribution in [0, 0.1) is 17.8 Å². The van der Waals surface area contributed by atoms with Crippen molar-refractivity contribution in [3.05, 3.63) is 85.6 Å². The van der Waals surface area contributed by atoms with Crippen LogP contribution in [0.25, 0.3) is 11.3 Å². The Morgan fingerprint density at radius 1 is 0.977 bits per heavy atom. The first-order valence-electron chi connectivity index (χ1n) is 15.2. The summed E-state index contributed by atoms with van der Waals surface area (Å²) in [4.78, 5) is 33.2. The Bertz CT molecular complexity index is 1540. The van der Waals surface area contributed by atoms with Gasteiger partial charge in [0.05, 0.1) is 5.71 Å². The van der Waals surface area contributed by atoms with Crippen LogP contribution in [-0.2, 0) is 16.0 Å². The Kier molecular flexibility index (Phi) is 11.7. The molecule has 9 heteroatoms. The van der Waals surface area contributed by atoms with E-state index < -0.39 is 21.2 Å². The number of urea groups is 1. The molecular formula is C35H39IN5O3-. The molecule has 3 aliphatic rings. The van der Waals surface area contributed by atoms with Crippen molar-refractivity contribution in [1.29, 1.82) is 0 Å². The number of nitrogens with zero attached hydrogens (tertiary/aromatic N) is 1. The summed E-state index contributed by atoms with van der Waals surface area (Å²) >= 11 is -0.488. The van der Waals surface area contributed by atoms with E-state index in [-0.39, 0.29) is 11.9 Å². The van der Waals surface area contributed by atoms with E-state index in [0.717, 1.165) is 75.8 Å². The zero-order valence-electron chi connectivity index (χ0n) is 25.0. The van der Waals surface area contributed by atoms with E-state index in [1.807, 2.05) is 38.6 Å². The quantitative estimate of drug-likeness (QED) is 0.283. The minimum atomic E-state index is -0.488. The molecule has 0 bridgehead atoms. The molecule has 230 valence electrons. The van der Waals surface area contributed by atoms with Gasteiger partial charge in [-0.3, -0.25) is 4.99 Å². The maximum atomic E-state index is 12.7. The van der Waals surface area contributed by atoms with Crippen molar-refractivity contribution in [3.8, 4) is 23.1 Å². The summed E-state index contributed by atoms with van der Waals surface area (Å²) in [6.07, 6.45) is 16.4. The fourth-order valence-electron chi connectivity index (χ4n) is 5.48. The van der Waals surface area contributed by atoms with Crippen molar-refractivity contribution in [2.45, 2.75) is 58.3 Å². The average Bonchev–Trinajstić information content (AvgIpc) is 3.41. The van der Waals surface area contributed by atoms with E-state index >= 15 is 0 Å². The van der Waals surface area contributed by atoms with Gasteiger partial charge >= 0.3 is 173 Å². The number of aryl methyl sites for hydroxylation is 1. The predicted molar refractivity (Wildman–Crippen MR) is 171 cm³/mol. The van der Waals surface area contributed by atoms with Crippen LogP contribution >= 0.6 is 0 Å². The van der Waals surface area contributed by atoms with Crippen LogP contribution < -0.4 is 37.2 Å². The molecule has 3 amide bonds. The monoisotopic (exact) mass is 704 g/mol. The molecule has 8 nitrogen and oxygen atoms in total. The number of hydrogen-bond donors (Lipinski definition) is 4. The van der Waals surface area contributed by atoms with E-state index in [4.69, 9.17) is 9.73 Å². The molecule has 1 unspecified atom stereocenters. The summed E-state index contributed by atoms with van der Waals surface area (Å²) in [7, 11) is 0. The second-order valence-corrected chi connectivity index (χ2v) is 12.9. The van der Waals surface area contributed by atoms with Gasteiger partial charge in [-0.2, -0.15) is 0 Å². The molecule has 0 aliphatic carbocycles. The Morgan fingerprint density at radius 2 is 1.75 bits per heavy atom. The molecule has 1 saturated heterocycles. The molecule has 1 atom stereocenters. The van der Waals surface area contributed by atoms with E-state index in [2.05, 4.69) is 44.9 Å². The number of anilines is 1. The number of halogens is 1. The number of H-pyrrole nitrogens is 1. The van der Waals surface area contributed by atoms with E-state index in [1.54, 1.807) is 19.1 Å². The number of benzene rings is 1. The van der Waals surface area contributed by atoms with Crippen LogP contribution in [-0.4, -0.2) is 35.8 Å². The zero-order valence-corrected chi connectivity index (χ0v) is 27.2. The van der Waals surface area contributed by atoms with Gasteiger partial charge in [0.25, 0.3) is 0 Å². The number of amides is 3. The van der Waals surface area contributed by atoms with E-state index in [0.29, 0.717) is 23.0 Å². The van der Waals surface area contributed by atoms with Crippen molar-refractivity contribution in [2.24, 2.45) is 10.9 Å². The average molecular weight is 705 g/mol. The Labute approximate surface area is 269 Å². The van der Waals surface area contributed by atoms with Crippen LogP contribution in [0.2, 0.25) is 0 Å². The number of carbonyl (C=O) groups excluding carboxylic acids is 2. The van der Waals surface area contributed by atoms with Crippen LogP contribution in [0.5, 0.6) is 0 Å². The van der Waals surface area contributed by atoms with Gasteiger partial charge in [0, 0.05) is 25.3 Å². The second kappa shape index (κ2) is 16.3. The summed E-state index contributed by atoms with van der Waals surface area (Å²) < 4.78 is 9.73. The van der Waals surface area contributed by atoms with E-state index in [1.165, 1.54) is 17.0 Å². The predicted octanol–water partition coefficient (Wildman–Crippen LogP) is 3.52. The zero-order chi connectivity index (χ0) is 30.6. The summed E-state index contributed by atoms with van der Waals surface area (Å²) in [5.74, 6) is 5.12. The number of nitrogens with one attached hydrogen (secondary N) is 4. The van der Waals surface area contributed by atoms with Gasteiger partial charge in [0.2, 0.25) is 0 Å². The van der Waals surface area contributed by atoms with Gasteiger partial charge in [0.1, 0.15) is 0 Å². The first-order valence-corrected chi connectivity index (χ1v) is 17.7. The number of ether oxygens (including phenoxy) is 1. The first-order chi connectivity index (χ1) is 21.6. The molecule has 0 saturated carbocycles. The molecular weight excluding hydrogens is 665 g/mol. The standard InChI is InChI=1S/C35H39IN5O3/c1-2-9-33(42)38-28-17-18-29(24-36-23-28)40-35(43)39-27-15-13-25(14-16-27)32-22-30-31(41-32)12-4-3-6-19-37-34(30)26-10-5-7-20-44-21-8-11-26/h6,13-19,22-24,26,41H,3-5,7-8,10-12,20-21H2,1H3,(H,38,42)(H2,39,40,43)/q-1/b19-6-,37-34?. The SMILES string of the molecule is CC#CC(=O)NC1=C[I-]C=C(NC(=O)Nc2ccc(-c3cc4c([nH]3)CCC/C=C\N=C4C3CCCCOCCC3)cc2)C=C1. The van der Waals surface area contributed by atoms with Crippen molar-refractivity contribution in [3.63, 3.8) is 0 Å². The Balaban J connectivity index is 1.25. The van der Waals surface area contributed by atoms with Gasteiger partial charge in [-0.1, -0.05) is 12.5 Å². The molecule has 4 heterocycles. The van der Waals surface area contributed by atoms with Crippen LogP contribution in [0.15, 0.2) is 79.3 Å². The van der Waals surface area contributed by atoms with E-state index in [9.17, 15) is 9.59 Å². The summed E-state index contributed by atoms with van der Waals surface area (Å²) in [6.45, 7) is 3.30. The number of aromatic nitrogens is 1. The molecule has 1 fully saturated rings. The molecule has 3 aliphatic heterocycles. The fraction of sp³-hybridized carbons (Fsp3) is 0.343. The Morgan fingerprint density at radius 3 is 2.57 bits per heavy atom. The van der Waals surface area contributed by atoms with Crippen LogP contribution in [0.4, 0.5) is 10.5 Å². The number of fused-ring (bicyclic) bond motifs is 1. The molecule has 1 aromatic carbocycles. The summed E-state index contributed by atoms with van der Waals surface area (Å²) in [6, 6.07) is 9.84. The molecule has 0 spiro atoms. The van der Waals surface area contributed by atoms with Gasteiger partial charge in [-0.15, -0.1) is 0 Å². The Hall–Kier alpha value is -3.88. The topological polar surface area (TPSA) is 108 Å². The number of carbonyl (C=O) groups is 2. The number of aliphatic imine (C=N–C) groups is 1.